The molecule has 0 bridgehead atoms. The average molecular weight is 299 g/mol. The minimum absolute atomic E-state index is 0.201. The normalized spacial score (nSPS) is 12.8. The number of nitrogens with zero attached hydrogens (tertiary/aromatic N) is 2. The number of rotatable bonds is 10. The van der Waals surface area contributed by atoms with Gasteiger partial charge in [0.2, 0.25) is 0 Å². The van der Waals surface area contributed by atoms with Crippen molar-refractivity contribution in [1.82, 2.24) is 15.2 Å². The van der Waals surface area contributed by atoms with Crippen molar-refractivity contribution in [3.8, 4) is 0 Å². The van der Waals surface area contributed by atoms with Crippen molar-refractivity contribution >= 4 is 11.8 Å². The molecule has 1 unspecified atom stereocenters. The quantitative estimate of drug-likeness (QED) is 0.719. The fraction of sp³-hybridized carbons (Fsp3) is 0.667. The molecule has 0 saturated heterocycles. The van der Waals surface area contributed by atoms with Crippen LogP contribution < -0.4 is 5.32 Å². The maximum atomic E-state index is 13.0. The van der Waals surface area contributed by atoms with E-state index in [4.69, 9.17) is 0 Å². The molecule has 1 atom stereocenters. The maximum absolute atomic E-state index is 13.0. The fourth-order valence-corrected chi connectivity index (χ4v) is 2.47. The highest BCUT2D eigenvalue weighted by Crippen LogP contribution is 2.15. The highest BCUT2D eigenvalue weighted by Gasteiger charge is 2.13. The van der Waals surface area contributed by atoms with E-state index in [9.17, 15) is 4.39 Å². The molecule has 1 rings (SSSR count). The van der Waals surface area contributed by atoms with Crippen LogP contribution in [0.2, 0.25) is 0 Å². The SMILES string of the molecule is CCCNC(CCN(C)CCSC)c1ccc(F)cn1. The van der Waals surface area contributed by atoms with Gasteiger partial charge in [-0.2, -0.15) is 11.8 Å². The Hall–Kier alpha value is -0.650. The lowest BCUT2D eigenvalue weighted by Crippen LogP contribution is -2.29. The summed E-state index contributed by atoms with van der Waals surface area (Å²) >= 11 is 1.86. The number of halogens is 1. The van der Waals surface area contributed by atoms with Crippen molar-refractivity contribution in [2.24, 2.45) is 0 Å². The molecular formula is C15H26FN3S. The number of aromatic nitrogens is 1. The molecule has 0 aliphatic rings. The van der Waals surface area contributed by atoms with E-state index in [0.717, 1.165) is 43.9 Å². The summed E-state index contributed by atoms with van der Waals surface area (Å²) in [6.45, 7) is 5.21. The Morgan fingerprint density at radius 1 is 1.40 bits per heavy atom. The molecule has 0 radical (unpaired) electrons. The van der Waals surface area contributed by atoms with E-state index in [2.05, 4.69) is 35.4 Å². The molecule has 5 heteroatoms. The molecule has 1 aromatic rings. The fourth-order valence-electron chi connectivity index (χ4n) is 1.97. The first-order chi connectivity index (χ1) is 9.67. The topological polar surface area (TPSA) is 28.2 Å². The highest BCUT2D eigenvalue weighted by atomic mass is 32.2. The van der Waals surface area contributed by atoms with Crippen LogP contribution in [0.5, 0.6) is 0 Å². The van der Waals surface area contributed by atoms with E-state index >= 15 is 0 Å². The van der Waals surface area contributed by atoms with Crippen molar-refractivity contribution in [2.75, 3.05) is 38.7 Å². The summed E-state index contributed by atoms with van der Waals surface area (Å²) in [5.41, 5.74) is 0.929. The predicted molar refractivity (Wildman–Crippen MR) is 85.7 cm³/mol. The predicted octanol–water partition coefficient (Wildman–Crippen LogP) is 2.95. The molecule has 3 nitrogen and oxygen atoms in total. The zero-order valence-corrected chi connectivity index (χ0v) is 13.5. The van der Waals surface area contributed by atoms with Gasteiger partial charge in [0, 0.05) is 12.3 Å². The Labute approximate surface area is 126 Å². The van der Waals surface area contributed by atoms with E-state index < -0.39 is 0 Å². The first-order valence-electron chi connectivity index (χ1n) is 7.19. The number of pyridine rings is 1. The molecule has 1 heterocycles. The number of hydrogen-bond donors (Lipinski definition) is 1. The monoisotopic (exact) mass is 299 g/mol. The third-order valence-corrected chi connectivity index (χ3v) is 3.82. The van der Waals surface area contributed by atoms with Gasteiger partial charge in [-0.05, 0) is 51.4 Å². The van der Waals surface area contributed by atoms with Crippen LogP contribution >= 0.6 is 11.8 Å². The van der Waals surface area contributed by atoms with E-state index in [1.54, 1.807) is 6.07 Å². The van der Waals surface area contributed by atoms with Crippen molar-refractivity contribution in [3.05, 3.63) is 29.8 Å². The van der Waals surface area contributed by atoms with E-state index in [-0.39, 0.29) is 11.9 Å². The maximum Gasteiger partial charge on any atom is 0.141 e. The molecule has 114 valence electrons. The Balaban J connectivity index is 2.53. The number of hydrogen-bond acceptors (Lipinski definition) is 4. The lowest BCUT2D eigenvalue weighted by atomic mass is 10.1. The third-order valence-electron chi connectivity index (χ3n) is 3.22. The van der Waals surface area contributed by atoms with Gasteiger partial charge in [-0.3, -0.25) is 4.98 Å². The summed E-state index contributed by atoms with van der Waals surface area (Å²) in [6, 6.07) is 3.47. The van der Waals surface area contributed by atoms with Crippen molar-refractivity contribution in [2.45, 2.75) is 25.8 Å². The minimum atomic E-state index is -0.278. The molecule has 20 heavy (non-hydrogen) atoms. The molecule has 0 amide bonds. The summed E-state index contributed by atoms with van der Waals surface area (Å²) < 4.78 is 13.0. The number of nitrogens with one attached hydrogen (secondary N) is 1. The summed E-state index contributed by atoms with van der Waals surface area (Å²) in [5, 5.41) is 3.50. The van der Waals surface area contributed by atoms with Gasteiger partial charge in [-0.15, -0.1) is 0 Å². The molecule has 0 aliphatic carbocycles. The van der Waals surface area contributed by atoms with Gasteiger partial charge in [-0.1, -0.05) is 6.92 Å². The smallest absolute Gasteiger partial charge is 0.141 e. The van der Waals surface area contributed by atoms with Crippen molar-refractivity contribution in [3.63, 3.8) is 0 Å². The van der Waals surface area contributed by atoms with Gasteiger partial charge in [0.15, 0.2) is 0 Å². The van der Waals surface area contributed by atoms with Gasteiger partial charge in [0.1, 0.15) is 5.82 Å². The van der Waals surface area contributed by atoms with Crippen LogP contribution in [0.4, 0.5) is 4.39 Å². The van der Waals surface area contributed by atoms with E-state index in [1.807, 2.05) is 11.8 Å². The van der Waals surface area contributed by atoms with Gasteiger partial charge in [0.25, 0.3) is 0 Å². The van der Waals surface area contributed by atoms with Crippen LogP contribution in [0.1, 0.15) is 31.5 Å². The van der Waals surface area contributed by atoms with Crippen LogP contribution in [0.3, 0.4) is 0 Å². The van der Waals surface area contributed by atoms with Gasteiger partial charge < -0.3 is 10.2 Å². The second kappa shape index (κ2) is 10.1. The number of thioether (sulfide) groups is 1. The van der Waals surface area contributed by atoms with Crippen LogP contribution in [-0.2, 0) is 0 Å². The standard InChI is InChI=1S/C15H26FN3S/c1-4-8-17-15(7-9-19(2)10-11-20-3)14-6-5-13(16)12-18-14/h5-6,12,15,17H,4,7-11H2,1-3H3. The first kappa shape index (κ1) is 17.4. The lowest BCUT2D eigenvalue weighted by Gasteiger charge is -2.22. The molecule has 0 aromatic carbocycles. The highest BCUT2D eigenvalue weighted by molar-refractivity contribution is 7.98. The zero-order chi connectivity index (χ0) is 14.8. The van der Waals surface area contributed by atoms with Crippen LogP contribution in [0.25, 0.3) is 0 Å². The molecule has 1 aromatic heterocycles. The zero-order valence-electron chi connectivity index (χ0n) is 12.7. The Bertz CT molecular complexity index is 359. The molecule has 0 fully saturated rings. The summed E-state index contributed by atoms with van der Waals surface area (Å²) in [6.07, 6.45) is 5.50. The van der Waals surface area contributed by atoms with E-state index in [0.29, 0.717) is 0 Å². The molecule has 0 aliphatic heterocycles. The first-order valence-corrected chi connectivity index (χ1v) is 8.59. The molecule has 0 saturated carbocycles. The molecule has 0 spiro atoms. The van der Waals surface area contributed by atoms with Crippen LogP contribution in [-0.4, -0.2) is 48.6 Å². The summed E-state index contributed by atoms with van der Waals surface area (Å²) in [5.74, 6) is 0.873. The average Bonchev–Trinajstić information content (AvgIpc) is 2.46. The molecular weight excluding hydrogens is 273 g/mol. The third kappa shape index (κ3) is 6.68. The summed E-state index contributed by atoms with van der Waals surface area (Å²) in [4.78, 5) is 6.55. The van der Waals surface area contributed by atoms with Crippen molar-refractivity contribution < 1.29 is 4.39 Å². The largest absolute Gasteiger partial charge is 0.309 e. The Morgan fingerprint density at radius 3 is 2.80 bits per heavy atom. The minimum Gasteiger partial charge on any atom is -0.309 e. The van der Waals surface area contributed by atoms with Crippen LogP contribution in [0, 0.1) is 5.82 Å². The summed E-state index contributed by atoms with van der Waals surface area (Å²) in [7, 11) is 2.14. The van der Waals surface area contributed by atoms with Gasteiger partial charge in [-0.25, -0.2) is 4.39 Å². The van der Waals surface area contributed by atoms with Crippen LogP contribution in [0.15, 0.2) is 18.3 Å². The van der Waals surface area contributed by atoms with Gasteiger partial charge in [0.05, 0.1) is 17.9 Å². The Kier molecular flexibility index (Phi) is 8.82. The Morgan fingerprint density at radius 2 is 2.20 bits per heavy atom. The van der Waals surface area contributed by atoms with Gasteiger partial charge >= 0.3 is 0 Å². The molecule has 1 N–H and O–H groups in total. The van der Waals surface area contributed by atoms with Crippen molar-refractivity contribution in [1.29, 1.82) is 0 Å². The second-order valence-corrected chi connectivity index (χ2v) is 5.98. The van der Waals surface area contributed by atoms with E-state index in [1.165, 1.54) is 12.3 Å². The second-order valence-electron chi connectivity index (χ2n) is 4.99. The lowest BCUT2D eigenvalue weighted by molar-refractivity contribution is 0.321.